The van der Waals surface area contributed by atoms with E-state index in [0.717, 1.165) is 17.0 Å². The van der Waals surface area contributed by atoms with Crippen molar-refractivity contribution in [3.63, 3.8) is 0 Å². The van der Waals surface area contributed by atoms with Crippen molar-refractivity contribution in [3.05, 3.63) is 59.3 Å². The van der Waals surface area contributed by atoms with Crippen molar-refractivity contribution in [2.45, 2.75) is 19.6 Å². The molecule has 3 rings (SSSR count). The highest BCUT2D eigenvalue weighted by molar-refractivity contribution is 6.19. The van der Waals surface area contributed by atoms with Crippen LogP contribution in [0.15, 0.2) is 42.6 Å². The number of rotatable bonds is 3. The van der Waals surface area contributed by atoms with Gasteiger partial charge >= 0.3 is 12.2 Å². The number of alkyl halides is 3. The van der Waals surface area contributed by atoms with Crippen molar-refractivity contribution < 1.29 is 22.8 Å². The van der Waals surface area contributed by atoms with Gasteiger partial charge in [0.2, 0.25) is 0 Å². The Morgan fingerprint density at radius 3 is 2.40 bits per heavy atom. The number of aryl methyl sites for hydroxylation is 1. The van der Waals surface area contributed by atoms with Gasteiger partial charge in [0.25, 0.3) is 5.91 Å². The lowest BCUT2D eigenvalue weighted by Gasteiger charge is -2.18. The van der Waals surface area contributed by atoms with Gasteiger partial charge in [0.1, 0.15) is 12.4 Å². The van der Waals surface area contributed by atoms with E-state index in [1.54, 1.807) is 19.1 Å². The number of hydrogen-bond donors (Lipinski definition) is 0. The first kappa shape index (κ1) is 16.9. The van der Waals surface area contributed by atoms with Crippen LogP contribution in [-0.4, -0.2) is 28.4 Å². The number of benzene rings is 1. The predicted octanol–water partition coefficient (Wildman–Crippen LogP) is 3.38. The molecule has 0 aliphatic carbocycles. The highest BCUT2D eigenvalue weighted by Crippen LogP contribution is 2.29. The summed E-state index contributed by atoms with van der Waals surface area (Å²) in [5.41, 5.74) is 0.431. The number of anilines is 1. The van der Waals surface area contributed by atoms with Gasteiger partial charge in [-0.15, -0.1) is 0 Å². The van der Waals surface area contributed by atoms with Crippen LogP contribution in [0.3, 0.4) is 0 Å². The van der Waals surface area contributed by atoms with Crippen LogP contribution < -0.4 is 4.90 Å². The normalized spacial score (nSPS) is 15.2. The van der Waals surface area contributed by atoms with Crippen molar-refractivity contribution in [1.82, 2.24) is 9.88 Å². The van der Waals surface area contributed by atoms with Crippen LogP contribution in [-0.2, 0) is 17.5 Å². The molecule has 5 nitrogen and oxygen atoms in total. The molecule has 2 aromatic rings. The van der Waals surface area contributed by atoms with Crippen LogP contribution in [0.2, 0.25) is 0 Å². The fourth-order valence-electron chi connectivity index (χ4n) is 2.61. The van der Waals surface area contributed by atoms with E-state index in [1.807, 2.05) is 0 Å². The van der Waals surface area contributed by atoms with Gasteiger partial charge in [-0.2, -0.15) is 13.2 Å². The summed E-state index contributed by atoms with van der Waals surface area (Å²) < 4.78 is 37.8. The van der Waals surface area contributed by atoms with Crippen LogP contribution in [0.25, 0.3) is 0 Å². The minimum absolute atomic E-state index is 0.0467. The van der Waals surface area contributed by atoms with Crippen molar-refractivity contribution in [3.8, 4) is 0 Å². The number of halogens is 3. The van der Waals surface area contributed by atoms with Crippen LogP contribution in [0.5, 0.6) is 0 Å². The molecule has 8 heteroatoms. The summed E-state index contributed by atoms with van der Waals surface area (Å²) in [6.45, 7) is 1.64. The number of carbonyl (C=O) groups is 2. The molecule has 0 unspecified atom stereocenters. The van der Waals surface area contributed by atoms with E-state index in [0.29, 0.717) is 11.1 Å². The quantitative estimate of drug-likeness (QED) is 0.799. The van der Waals surface area contributed by atoms with Crippen LogP contribution in [0.4, 0.5) is 23.8 Å². The van der Waals surface area contributed by atoms with E-state index in [9.17, 15) is 22.8 Å². The Bertz CT molecular complexity index is 819. The standard InChI is InChI=1S/C17H14F3N3O2/c1-11-3-2-8-21-15(11)23-14(24)10-22(16(23)25)9-12-4-6-13(7-5-12)17(18,19)20/h2-8H,9-10H2,1H3. The van der Waals surface area contributed by atoms with Gasteiger partial charge in [0, 0.05) is 12.7 Å². The minimum atomic E-state index is -4.41. The molecular formula is C17H14F3N3O2. The van der Waals surface area contributed by atoms with E-state index in [-0.39, 0.29) is 18.9 Å². The number of carbonyl (C=O) groups excluding carboxylic acids is 2. The first-order valence-electron chi connectivity index (χ1n) is 7.47. The zero-order chi connectivity index (χ0) is 18.2. The summed E-state index contributed by atoms with van der Waals surface area (Å²) in [6.07, 6.45) is -2.92. The Hall–Kier alpha value is -2.90. The minimum Gasteiger partial charge on any atom is -0.310 e. The lowest BCUT2D eigenvalue weighted by Crippen LogP contribution is -2.33. The van der Waals surface area contributed by atoms with Gasteiger partial charge in [-0.05, 0) is 36.2 Å². The average molecular weight is 349 g/mol. The fourth-order valence-corrected chi connectivity index (χ4v) is 2.61. The summed E-state index contributed by atoms with van der Waals surface area (Å²) in [6, 6.07) is 7.42. The first-order chi connectivity index (χ1) is 11.8. The highest BCUT2D eigenvalue weighted by Gasteiger charge is 2.38. The lowest BCUT2D eigenvalue weighted by molar-refractivity contribution is -0.137. The number of hydrogen-bond acceptors (Lipinski definition) is 3. The largest absolute Gasteiger partial charge is 0.416 e. The van der Waals surface area contributed by atoms with E-state index in [1.165, 1.54) is 23.2 Å². The van der Waals surface area contributed by atoms with Crippen molar-refractivity contribution >= 4 is 17.8 Å². The molecule has 1 fully saturated rings. The molecule has 2 heterocycles. The highest BCUT2D eigenvalue weighted by atomic mass is 19.4. The molecule has 0 saturated carbocycles. The lowest BCUT2D eigenvalue weighted by atomic mass is 10.1. The first-order valence-corrected chi connectivity index (χ1v) is 7.47. The molecule has 0 N–H and O–H groups in total. The second kappa shape index (κ2) is 6.19. The Morgan fingerprint density at radius 2 is 1.80 bits per heavy atom. The maximum absolute atomic E-state index is 12.6. The summed E-state index contributed by atoms with van der Waals surface area (Å²) in [5.74, 6) is -0.147. The van der Waals surface area contributed by atoms with Gasteiger partial charge < -0.3 is 4.90 Å². The molecule has 0 radical (unpaired) electrons. The summed E-state index contributed by atoms with van der Waals surface area (Å²) >= 11 is 0. The Morgan fingerprint density at radius 1 is 1.12 bits per heavy atom. The van der Waals surface area contributed by atoms with Crippen LogP contribution in [0, 0.1) is 6.92 Å². The van der Waals surface area contributed by atoms with Gasteiger partial charge in [-0.1, -0.05) is 18.2 Å². The maximum Gasteiger partial charge on any atom is 0.416 e. The molecule has 1 aliphatic rings. The number of nitrogens with zero attached hydrogens (tertiary/aromatic N) is 3. The topological polar surface area (TPSA) is 53.5 Å². The maximum atomic E-state index is 12.6. The number of urea groups is 1. The Kier molecular flexibility index (Phi) is 4.20. The summed E-state index contributed by atoms with van der Waals surface area (Å²) in [5, 5.41) is 0. The van der Waals surface area contributed by atoms with Crippen LogP contribution in [0.1, 0.15) is 16.7 Å². The number of aromatic nitrogens is 1. The molecular weight excluding hydrogens is 335 g/mol. The number of imide groups is 1. The Labute approximate surface area is 141 Å². The second-order valence-electron chi connectivity index (χ2n) is 5.71. The van der Waals surface area contributed by atoms with E-state index >= 15 is 0 Å². The third-order valence-corrected chi connectivity index (χ3v) is 3.89. The Balaban J connectivity index is 1.78. The third kappa shape index (κ3) is 3.33. The SMILES string of the molecule is Cc1cccnc1N1C(=O)CN(Cc2ccc(C(F)(F)F)cc2)C1=O. The molecule has 1 saturated heterocycles. The van der Waals surface area contributed by atoms with Crippen molar-refractivity contribution in [2.75, 3.05) is 11.4 Å². The molecule has 1 aliphatic heterocycles. The monoisotopic (exact) mass is 349 g/mol. The van der Waals surface area contributed by atoms with E-state index < -0.39 is 23.7 Å². The van der Waals surface area contributed by atoms with E-state index in [2.05, 4.69) is 4.98 Å². The second-order valence-corrected chi connectivity index (χ2v) is 5.71. The van der Waals surface area contributed by atoms with Gasteiger partial charge in [-0.3, -0.25) is 4.79 Å². The summed E-state index contributed by atoms with van der Waals surface area (Å²) in [4.78, 5) is 31.1. The van der Waals surface area contributed by atoms with E-state index in [4.69, 9.17) is 0 Å². The molecule has 3 amide bonds. The van der Waals surface area contributed by atoms with Crippen molar-refractivity contribution in [1.29, 1.82) is 0 Å². The predicted molar refractivity (Wildman–Crippen MR) is 83.7 cm³/mol. The van der Waals surface area contributed by atoms with Gasteiger partial charge in [-0.25, -0.2) is 14.7 Å². The summed E-state index contributed by atoms with van der Waals surface area (Å²) in [7, 11) is 0. The third-order valence-electron chi connectivity index (χ3n) is 3.89. The zero-order valence-electron chi connectivity index (χ0n) is 13.2. The molecule has 0 atom stereocenters. The molecule has 25 heavy (non-hydrogen) atoms. The molecule has 130 valence electrons. The zero-order valence-corrected chi connectivity index (χ0v) is 13.2. The van der Waals surface area contributed by atoms with Gasteiger partial charge in [0.05, 0.1) is 5.56 Å². The number of pyridine rings is 1. The molecule has 1 aromatic carbocycles. The van der Waals surface area contributed by atoms with Crippen molar-refractivity contribution in [2.24, 2.45) is 0 Å². The number of amides is 3. The fraction of sp³-hybridized carbons (Fsp3) is 0.235. The van der Waals surface area contributed by atoms with Crippen LogP contribution >= 0.6 is 0 Å². The molecule has 0 spiro atoms. The molecule has 1 aromatic heterocycles. The average Bonchev–Trinajstić information content (AvgIpc) is 2.82. The molecule has 0 bridgehead atoms. The van der Waals surface area contributed by atoms with Gasteiger partial charge in [0.15, 0.2) is 0 Å². The smallest absolute Gasteiger partial charge is 0.310 e.